The average Bonchev–Trinajstić information content (AvgIpc) is 2.29. The Balaban J connectivity index is 2.24. The smallest absolute Gasteiger partial charge is 0.183 e. The molecule has 90 valence electrons. The summed E-state index contributed by atoms with van der Waals surface area (Å²) in [5.74, 6) is 0.685. The largest absolute Gasteiger partial charge is 0.490 e. The van der Waals surface area contributed by atoms with Crippen molar-refractivity contribution in [3.05, 3.63) is 29.0 Å². The van der Waals surface area contributed by atoms with Gasteiger partial charge in [0.05, 0.1) is 11.6 Å². The summed E-state index contributed by atoms with van der Waals surface area (Å²) in [5.41, 5.74) is 0. The van der Waals surface area contributed by atoms with Crippen molar-refractivity contribution < 1.29 is 9.13 Å². The van der Waals surface area contributed by atoms with Gasteiger partial charge in [-0.15, -0.1) is 0 Å². The highest BCUT2D eigenvalue weighted by Crippen LogP contribution is 2.24. The number of thiol groups is 1. The molecule has 1 nitrogen and oxygen atoms in total. The van der Waals surface area contributed by atoms with Crippen molar-refractivity contribution in [2.24, 2.45) is 0 Å². The third kappa shape index (κ3) is 4.62. The van der Waals surface area contributed by atoms with Crippen LogP contribution in [0.3, 0.4) is 0 Å². The zero-order chi connectivity index (χ0) is 11.8. The van der Waals surface area contributed by atoms with Crippen molar-refractivity contribution >= 4 is 24.2 Å². The molecule has 1 aromatic rings. The Labute approximate surface area is 106 Å². The molecule has 0 aliphatic heterocycles. The van der Waals surface area contributed by atoms with Crippen LogP contribution in [0.15, 0.2) is 18.2 Å². The van der Waals surface area contributed by atoms with Crippen LogP contribution in [0, 0.1) is 5.82 Å². The van der Waals surface area contributed by atoms with Crippen LogP contribution in [0.5, 0.6) is 5.75 Å². The van der Waals surface area contributed by atoms with Gasteiger partial charge in [-0.05, 0) is 30.7 Å². The molecule has 0 fully saturated rings. The molecule has 0 spiro atoms. The Kier molecular flexibility index (Phi) is 6.65. The number of rotatable bonds is 7. The van der Waals surface area contributed by atoms with Gasteiger partial charge in [-0.2, -0.15) is 12.6 Å². The van der Waals surface area contributed by atoms with Crippen molar-refractivity contribution in [1.29, 1.82) is 0 Å². The molecular formula is C12H16ClFOS. The van der Waals surface area contributed by atoms with E-state index in [-0.39, 0.29) is 10.8 Å². The Bertz CT molecular complexity index is 320. The summed E-state index contributed by atoms with van der Waals surface area (Å²) >= 11 is 9.76. The maximum Gasteiger partial charge on any atom is 0.183 e. The first-order valence-electron chi connectivity index (χ1n) is 5.43. The first-order valence-corrected chi connectivity index (χ1v) is 6.44. The number of halogens is 2. The van der Waals surface area contributed by atoms with E-state index in [9.17, 15) is 4.39 Å². The molecule has 0 amide bonds. The highest BCUT2D eigenvalue weighted by molar-refractivity contribution is 7.80. The summed E-state index contributed by atoms with van der Waals surface area (Å²) in [5, 5.41) is 0.104. The molecule has 0 saturated carbocycles. The molecule has 0 bridgehead atoms. The minimum atomic E-state index is -0.473. The summed E-state index contributed by atoms with van der Waals surface area (Å²) in [4.78, 5) is 0. The molecule has 1 aromatic carbocycles. The Morgan fingerprint density at radius 2 is 1.94 bits per heavy atom. The second-order valence-electron chi connectivity index (χ2n) is 3.54. The molecule has 0 saturated heterocycles. The number of unbranched alkanes of at least 4 members (excludes halogenated alkanes) is 3. The Morgan fingerprint density at radius 3 is 2.69 bits per heavy atom. The number of hydrogen-bond donors (Lipinski definition) is 1. The third-order valence-electron chi connectivity index (χ3n) is 2.23. The lowest BCUT2D eigenvalue weighted by atomic mass is 10.2. The SMILES string of the molecule is Fc1c(Cl)cccc1OCCCCCCS. The van der Waals surface area contributed by atoms with Crippen LogP contribution >= 0.6 is 24.2 Å². The number of hydrogen-bond acceptors (Lipinski definition) is 2. The molecule has 0 heterocycles. The predicted molar refractivity (Wildman–Crippen MR) is 69.2 cm³/mol. The van der Waals surface area contributed by atoms with Gasteiger partial charge in [-0.3, -0.25) is 0 Å². The van der Waals surface area contributed by atoms with Crippen molar-refractivity contribution in [3.8, 4) is 5.75 Å². The standard InChI is InChI=1S/C12H16ClFOS/c13-10-6-5-7-11(12(10)14)15-8-3-1-2-4-9-16/h5-7,16H,1-4,8-9H2. The maximum absolute atomic E-state index is 13.4. The van der Waals surface area contributed by atoms with Crippen LogP contribution in [0.1, 0.15) is 25.7 Å². The molecule has 0 aliphatic rings. The summed E-state index contributed by atoms with van der Waals surface area (Å²) < 4.78 is 18.7. The lowest BCUT2D eigenvalue weighted by molar-refractivity contribution is 0.290. The molecule has 0 radical (unpaired) electrons. The van der Waals surface area contributed by atoms with Gasteiger partial charge < -0.3 is 4.74 Å². The zero-order valence-corrected chi connectivity index (χ0v) is 10.7. The van der Waals surface area contributed by atoms with E-state index in [1.54, 1.807) is 12.1 Å². The summed E-state index contributed by atoms with van der Waals surface area (Å²) in [6, 6.07) is 4.78. The van der Waals surface area contributed by atoms with Crippen molar-refractivity contribution in [2.45, 2.75) is 25.7 Å². The van der Waals surface area contributed by atoms with Gasteiger partial charge in [-0.1, -0.05) is 30.5 Å². The van der Waals surface area contributed by atoms with Crippen molar-refractivity contribution in [2.75, 3.05) is 12.4 Å². The van der Waals surface area contributed by atoms with Gasteiger partial charge in [-0.25, -0.2) is 4.39 Å². The van der Waals surface area contributed by atoms with Crippen LogP contribution in [-0.4, -0.2) is 12.4 Å². The number of benzene rings is 1. The minimum absolute atomic E-state index is 0.104. The highest BCUT2D eigenvalue weighted by Gasteiger charge is 2.06. The van der Waals surface area contributed by atoms with E-state index in [1.165, 1.54) is 6.07 Å². The van der Waals surface area contributed by atoms with Gasteiger partial charge in [0.1, 0.15) is 0 Å². The van der Waals surface area contributed by atoms with Crippen LogP contribution < -0.4 is 4.74 Å². The van der Waals surface area contributed by atoms with E-state index in [1.807, 2.05) is 0 Å². The van der Waals surface area contributed by atoms with Gasteiger partial charge in [0.2, 0.25) is 0 Å². The summed E-state index contributed by atoms with van der Waals surface area (Å²) in [7, 11) is 0. The first-order chi connectivity index (χ1) is 7.75. The third-order valence-corrected chi connectivity index (χ3v) is 2.83. The van der Waals surface area contributed by atoms with Gasteiger partial charge in [0.25, 0.3) is 0 Å². The quantitative estimate of drug-likeness (QED) is 0.568. The van der Waals surface area contributed by atoms with E-state index in [4.69, 9.17) is 16.3 Å². The van der Waals surface area contributed by atoms with Crippen molar-refractivity contribution in [3.63, 3.8) is 0 Å². The average molecular weight is 263 g/mol. The lowest BCUT2D eigenvalue weighted by Gasteiger charge is -2.07. The lowest BCUT2D eigenvalue weighted by Crippen LogP contribution is -1.99. The van der Waals surface area contributed by atoms with Gasteiger partial charge in [0, 0.05) is 0 Å². The maximum atomic E-state index is 13.4. The molecule has 0 atom stereocenters. The van der Waals surface area contributed by atoms with Gasteiger partial charge in [0.15, 0.2) is 11.6 Å². The Hall–Kier alpha value is -0.410. The molecule has 0 unspecified atom stereocenters. The first kappa shape index (κ1) is 13.7. The summed E-state index contributed by atoms with van der Waals surface area (Å²) in [6.45, 7) is 0.532. The predicted octanol–water partition coefficient (Wildman–Crippen LogP) is 4.35. The molecule has 16 heavy (non-hydrogen) atoms. The number of ether oxygens (including phenoxy) is 1. The molecule has 0 aliphatic carbocycles. The molecule has 0 N–H and O–H groups in total. The van der Waals surface area contributed by atoms with Gasteiger partial charge >= 0.3 is 0 Å². The minimum Gasteiger partial charge on any atom is -0.490 e. The second kappa shape index (κ2) is 7.80. The fourth-order valence-corrected chi connectivity index (χ4v) is 1.73. The zero-order valence-electron chi connectivity index (χ0n) is 9.09. The molecular weight excluding hydrogens is 247 g/mol. The second-order valence-corrected chi connectivity index (χ2v) is 4.39. The van der Waals surface area contributed by atoms with Crippen molar-refractivity contribution in [1.82, 2.24) is 0 Å². The molecule has 0 aromatic heterocycles. The fourth-order valence-electron chi connectivity index (χ4n) is 1.35. The highest BCUT2D eigenvalue weighted by atomic mass is 35.5. The van der Waals surface area contributed by atoms with Crippen LogP contribution in [0.25, 0.3) is 0 Å². The molecule has 4 heteroatoms. The van der Waals surface area contributed by atoms with Crippen LogP contribution in [-0.2, 0) is 0 Å². The Morgan fingerprint density at radius 1 is 1.19 bits per heavy atom. The van der Waals surface area contributed by atoms with E-state index in [0.29, 0.717) is 6.61 Å². The van der Waals surface area contributed by atoms with Crippen LogP contribution in [0.4, 0.5) is 4.39 Å². The van der Waals surface area contributed by atoms with E-state index < -0.39 is 5.82 Å². The van der Waals surface area contributed by atoms with E-state index in [0.717, 1.165) is 31.4 Å². The van der Waals surface area contributed by atoms with E-state index in [2.05, 4.69) is 12.6 Å². The fraction of sp³-hybridized carbons (Fsp3) is 0.500. The van der Waals surface area contributed by atoms with Crippen LogP contribution in [0.2, 0.25) is 5.02 Å². The summed E-state index contributed by atoms with van der Waals surface area (Å²) in [6.07, 6.45) is 4.28. The van der Waals surface area contributed by atoms with E-state index >= 15 is 0 Å². The monoisotopic (exact) mass is 262 g/mol. The topological polar surface area (TPSA) is 9.23 Å². The molecule has 1 rings (SSSR count). The normalized spacial score (nSPS) is 10.4.